The largest absolute Gasteiger partial charge is 0.391 e. The fourth-order valence-electron chi connectivity index (χ4n) is 5.31. The summed E-state index contributed by atoms with van der Waals surface area (Å²) in [5.74, 6) is 0.407. The van der Waals surface area contributed by atoms with Gasteiger partial charge >= 0.3 is 0 Å². The second kappa shape index (κ2) is 13.2. The number of aliphatic hydroxyl groups is 1. The molecule has 1 amide bonds. The van der Waals surface area contributed by atoms with Crippen molar-refractivity contribution in [1.82, 2.24) is 10.0 Å². The second-order valence-electron chi connectivity index (χ2n) is 10.5. The zero-order chi connectivity index (χ0) is 27.2. The van der Waals surface area contributed by atoms with Crippen LogP contribution in [-0.2, 0) is 19.6 Å². The summed E-state index contributed by atoms with van der Waals surface area (Å²) in [6, 6.07) is 12.4. The van der Waals surface area contributed by atoms with Crippen LogP contribution in [0.2, 0.25) is 0 Å². The van der Waals surface area contributed by atoms with E-state index in [-0.39, 0.29) is 23.4 Å². The number of fused-ring (bicyclic) bond motifs is 1. The molecule has 1 saturated carbocycles. The van der Waals surface area contributed by atoms with Crippen LogP contribution < -0.4 is 10.0 Å². The first kappa shape index (κ1) is 29.6. The van der Waals surface area contributed by atoms with Gasteiger partial charge in [0.15, 0.2) is 0 Å². The molecule has 2 aromatic carbocycles. The molecule has 0 heterocycles. The summed E-state index contributed by atoms with van der Waals surface area (Å²) in [6.07, 6.45) is 3.88. The molecular formula is C28H40N2O5S2. The van der Waals surface area contributed by atoms with Crippen molar-refractivity contribution in [3.8, 4) is 0 Å². The predicted molar refractivity (Wildman–Crippen MR) is 150 cm³/mol. The van der Waals surface area contributed by atoms with E-state index < -0.39 is 34.1 Å². The van der Waals surface area contributed by atoms with Gasteiger partial charge in [-0.2, -0.15) is 0 Å². The number of amides is 1. The van der Waals surface area contributed by atoms with Crippen molar-refractivity contribution in [2.45, 2.75) is 76.0 Å². The van der Waals surface area contributed by atoms with Gasteiger partial charge in [-0.3, -0.25) is 9.59 Å². The normalized spacial score (nSPS) is 22.8. The summed E-state index contributed by atoms with van der Waals surface area (Å²) in [6.45, 7) is 5.65. The second-order valence-corrected chi connectivity index (χ2v) is 13.4. The number of carbonyl (C=O) groups excluding carboxylic acids is 2. The standard InChI is InChI=1S/C28H40N2O5S2/c1-5-25(27(32)16-22-11-10-18(2)14-24(22)19(3)31)29-28(33)26(30-37(4,34)35)17-36-23-13-12-20-8-6-7-9-21(20)15-23/h6-9,12-13,15,18,22,24-27,30,32H,5,10-11,14,16-17H2,1-4H3,(H,29,33)/t18?,22?,24?,25-,26+,27+/m0/s1. The number of benzene rings is 2. The predicted octanol–water partition coefficient (Wildman–Crippen LogP) is 4.14. The Morgan fingerprint density at radius 2 is 1.84 bits per heavy atom. The zero-order valence-corrected chi connectivity index (χ0v) is 23.8. The number of Topliss-reactive ketones (excluding diaryl/α,β-unsaturated/α-hetero) is 1. The molecule has 7 nitrogen and oxygen atoms in total. The monoisotopic (exact) mass is 548 g/mol. The van der Waals surface area contributed by atoms with E-state index in [1.54, 1.807) is 6.92 Å². The van der Waals surface area contributed by atoms with Crippen molar-refractivity contribution < 1.29 is 23.1 Å². The first-order chi connectivity index (χ1) is 17.5. The first-order valence-corrected chi connectivity index (χ1v) is 15.9. The Balaban J connectivity index is 1.66. The maximum atomic E-state index is 13.2. The molecule has 0 aliphatic heterocycles. The Morgan fingerprint density at radius 3 is 2.49 bits per heavy atom. The Bertz CT molecular complexity index is 1190. The van der Waals surface area contributed by atoms with Gasteiger partial charge in [0.1, 0.15) is 11.8 Å². The minimum atomic E-state index is -3.64. The molecule has 6 atom stereocenters. The van der Waals surface area contributed by atoms with Crippen molar-refractivity contribution in [1.29, 1.82) is 0 Å². The third-order valence-electron chi connectivity index (χ3n) is 7.36. The van der Waals surface area contributed by atoms with Crippen LogP contribution in [0.1, 0.15) is 52.9 Å². The molecular weight excluding hydrogens is 508 g/mol. The Kier molecular flexibility index (Phi) is 10.6. The molecule has 204 valence electrons. The molecule has 1 aliphatic rings. The molecule has 0 saturated heterocycles. The maximum absolute atomic E-state index is 13.2. The summed E-state index contributed by atoms with van der Waals surface area (Å²) in [5, 5.41) is 16.1. The fourth-order valence-corrected chi connectivity index (χ4v) is 7.09. The van der Waals surface area contributed by atoms with Gasteiger partial charge in [0, 0.05) is 16.6 Å². The number of hydrogen-bond donors (Lipinski definition) is 3. The highest BCUT2D eigenvalue weighted by atomic mass is 32.2. The number of carbonyl (C=O) groups is 2. The molecule has 0 spiro atoms. The van der Waals surface area contributed by atoms with Crippen LogP contribution in [0.3, 0.4) is 0 Å². The lowest BCUT2D eigenvalue weighted by Gasteiger charge is -2.36. The molecule has 0 aromatic heterocycles. The number of hydrogen-bond acceptors (Lipinski definition) is 6. The third-order valence-corrected chi connectivity index (χ3v) is 9.16. The van der Waals surface area contributed by atoms with E-state index in [1.807, 2.05) is 49.4 Å². The summed E-state index contributed by atoms with van der Waals surface area (Å²) in [5.41, 5.74) is 0. The topological polar surface area (TPSA) is 113 Å². The van der Waals surface area contributed by atoms with Crippen LogP contribution in [0.4, 0.5) is 0 Å². The van der Waals surface area contributed by atoms with Gasteiger partial charge in [-0.05, 0) is 67.3 Å². The van der Waals surface area contributed by atoms with Crippen LogP contribution in [0.5, 0.6) is 0 Å². The van der Waals surface area contributed by atoms with Crippen LogP contribution in [0.25, 0.3) is 10.8 Å². The summed E-state index contributed by atoms with van der Waals surface area (Å²) in [4.78, 5) is 26.4. The van der Waals surface area contributed by atoms with Crippen molar-refractivity contribution in [3.05, 3.63) is 42.5 Å². The molecule has 3 unspecified atom stereocenters. The molecule has 0 bridgehead atoms. The van der Waals surface area contributed by atoms with Gasteiger partial charge in [-0.25, -0.2) is 13.1 Å². The van der Waals surface area contributed by atoms with E-state index in [1.165, 1.54) is 11.8 Å². The quantitative estimate of drug-likeness (QED) is 0.344. The van der Waals surface area contributed by atoms with Crippen LogP contribution in [0.15, 0.2) is 47.4 Å². The van der Waals surface area contributed by atoms with Gasteiger partial charge in [0.05, 0.1) is 18.4 Å². The number of rotatable bonds is 12. The smallest absolute Gasteiger partial charge is 0.239 e. The van der Waals surface area contributed by atoms with Crippen molar-refractivity contribution >= 4 is 44.2 Å². The zero-order valence-electron chi connectivity index (χ0n) is 22.1. The van der Waals surface area contributed by atoms with Gasteiger partial charge in [0.25, 0.3) is 0 Å². The van der Waals surface area contributed by atoms with Crippen molar-refractivity contribution in [2.24, 2.45) is 17.8 Å². The number of aliphatic hydroxyl groups excluding tert-OH is 1. The molecule has 1 fully saturated rings. The Hall–Kier alpha value is -1.94. The number of thioether (sulfide) groups is 1. The lowest BCUT2D eigenvalue weighted by molar-refractivity contribution is -0.126. The van der Waals surface area contributed by atoms with Gasteiger partial charge in [-0.1, -0.05) is 50.6 Å². The van der Waals surface area contributed by atoms with Crippen LogP contribution in [-0.4, -0.2) is 55.4 Å². The van der Waals surface area contributed by atoms with Crippen LogP contribution in [0, 0.1) is 17.8 Å². The van der Waals surface area contributed by atoms with Crippen LogP contribution >= 0.6 is 11.8 Å². The van der Waals surface area contributed by atoms with E-state index in [2.05, 4.69) is 17.0 Å². The highest BCUT2D eigenvalue weighted by Gasteiger charge is 2.35. The lowest BCUT2D eigenvalue weighted by Crippen LogP contribution is -2.53. The molecule has 1 aliphatic carbocycles. The SMILES string of the molecule is CC[C@H](NC(=O)[C@@H](CSc1ccc2ccccc2c1)NS(C)(=O)=O)[C@H](O)CC1CCC(C)CC1C(C)=O. The highest BCUT2D eigenvalue weighted by molar-refractivity contribution is 7.99. The highest BCUT2D eigenvalue weighted by Crippen LogP contribution is 2.37. The Morgan fingerprint density at radius 1 is 1.14 bits per heavy atom. The van der Waals surface area contributed by atoms with E-state index in [4.69, 9.17) is 0 Å². The van der Waals surface area contributed by atoms with E-state index in [9.17, 15) is 23.1 Å². The van der Waals surface area contributed by atoms with E-state index >= 15 is 0 Å². The van der Waals surface area contributed by atoms with Gasteiger partial charge in [0.2, 0.25) is 15.9 Å². The lowest BCUT2D eigenvalue weighted by atomic mass is 9.70. The molecule has 3 rings (SSSR count). The van der Waals surface area contributed by atoms with Gasteiger partial charge < -0.3 is 10.4 Å². The number of nitrogens with one attached hydrogen (secondary N) is 2. The molecule has 37 heavy (non-hydrogen) atoms. The molecule has 0 radical (unpaired) electrons. The summed E-state index contributed by atoms with van der Waals surface area (Å²) < 4.78 is 26.5. The average Bonchev–Trinajstić information content (AvgIpc) is 2.84. The summed E-state index contributed by atoms with van der Waals surface area (Å²) in [7, 11) is -3.64. The Labute approximate surface area is 225 Å². The molecule has 2 aromatic rings. The number of ketones is 1. The van der Waals surface area contributed by atoms with Crippen molar-refractivity contribution in [3.63, 3.8) is 0 Å². The van der Waals surface area contributed by atoms with Crippen molar-refractivity contribution in [2.75, 3.05) is 12.0 Å². The minimum absolute atomic E-state index is 0.0652. The molecule has 9 heteroatoms. The van der Waals surface area contributed by atoms with E-state index in [0.717, 1.165) is 41.2 Å². The minimum Gasteiger partial charge on any atom is -0.391 e. The fraction of sp³-hybridized carbons (Fsp3) is 0.571. The van der Waals surface area contributed by atoms with E-state index in [0.29, 0.717) is 18.8 Å². The average molecular weight is 549 g/mol. The maximum Gasteiger partial charge on any atom is 0.239 e. The molecule has 3 N–H and O–H groups in total. The van der Waals surface area contributed by atoms with Gasteiger partial charge in [-0.15, -0.1) is 11.8 Å². The number of sulfonamides is 1. The summed E-state index contributed by atoms with van der Waals surface area (Å²) >= 11 is 1.40. The third kappa shape index (κ3) is 8.80. The first-order valence-electron chi connectivity index (χ1n) is 13.0.